The normalized spacial score (nSPS) is 19.1. The summed E-state index contributed by atoms with van der Waals surface area (Å²) in [6, 6.07) is 8.80. The molecule has 2 aliphatic rings. The molecular weight excluding hydrogens is 390 g/mol. The highest BCUT2D eigenvalue weighted by Crippen LogP contribution is 2.26. The highest BCUT2D eigenvalue weighted by molar-refractivity contribution is 7.89. The predicted molar refractivity (Wildman–Crippen MR) is 109 cm³/mol. The van der Waals surface area contributed by atoms with Gasteiger partial charge in [-0.05, 0) is 61.6 Å². The minimum absolute atomic E-state index is 0.0867. The zero-order valence-corrected chi connectivity index (χ0v) is 17.5. The molecule has 2 heterocycles. The lowest BCUT2D eigenvalue weighted by Gasteiger charge is -2.36. The lowest BCUT2D eigenvalue weighted by Crippen LogP contribution is -2.54. The first-order valence-electron chi connectivity index (χ1n) is 10.1. The third kappa shape index (κ3) is 4.24. The Morgan fingerprint density at radius 1 is 1.14 bits per heavy atom. The highest BCUT2D eigenvalue weighted by atomic mass is 32.2. The topological polar surface area (TPSA) is 82.9 Å². The van der Waals surface area contributed by atoms with Gasteiger partial charge in [0, 0.05) is 26.2 Å². The third-order valence-corrected chi connectivity index (χ3v) is 7.82. The molecule has 1 fully saturated rings. The van der Waals surface area contributed by atoms with Crippen molar-refractivity contribution in [2.45, 2.75) is 43.7 Å². The van der Waals surface area contributed by atoms with E-state index in [-0.39, 0.29) is 11.9 Å². The minimum atomic E-state index is -3.50. The second-order valence-corrected chi connectivity index (χ2v) is 9.64. The summed E-state index contributed by atoms with van der Waals surface area (Å²) in [5.41, 5.74) is 2.43. The number of hydrogen-bond acceptors (Lipinski definition) is 5. The van der Waals surface area contributed by atoms with Gasteiger partial charge in [-0.1, -0.05) is 6.07 Å². The average Bonchev–Trinajstić information content (AvgIpc) is 3.42. The van der Waals surface area contributed by atoms with Crippen molar-refractivity contribution >= 4 is 15.9 Å². The second kappa shape index (κ2) is 8.30. The molecule has 0 bridgehead atoms. The van der Waals surface area contributed by atoms with E-state index in [9.17, 15) is 13.2 Å². The van der Waals surface area contributed by atoms with Crippen LogP contribution in [-0.2, 0) is 34.2 Å². The summed E-state index contributed by atoms with van der Waals surface area (Å²) < 4.78 is 32.9. The van der Waals surface area contributed by atoms with E-state index in [1.54, 1.807) is 18.4 Å². The van der Waals surface area contributed by atoms with Crippen molar-refractivity contribution in [1.29, 1.82) is 0 Å². The van der Waals surface area contributed by atoms with Crippen LogP contribution >= 0.6 is 0 Å². The van der Waals surface area contributed by atoms with Crippen molar-refractivity contribution in [3.63, 3.8) is 0 Å². The van der Waals surface area contributed by atoms with Crippen LogP contribution in [0.15, 0.2) is 45.9 Å². The van der Waals surface area contributed by atoms with Crippen molar-refractivity contribution < 1.29 is 17.6 Å². The molecule has 2 aromatic rings. The van der Waals surface area contributed by atoms with E-state index < -0.39 is 10.0 Å². The molecular formula is C21H27N3O4S. The SMILES string of the molecule is C[C@@H](C(=O)NCc1ccco1)N1CCN(S(=O)(=O)c2ccc3c(c2)CCC3)CC1. The van der Waals surface area contributed by atoms with Crippen LogP contribution in [0.5, 0.6) is 0 Å². The molecule has 1 aliphatic heterocycles. The molecule has 1 amide bonds. The molecule has 1 saturated heterocycles. The van der Waals surface area contributed by atoms with Crippen molar-refractivity contribution in [2.24, 2.45) is 0 Å². The fourth-order valence-corrected chi connectivity index (χ4v) is 5.56. The Bertz CT molecular complexity index is 964. The van der Waals surface area contributed by atoms with Gasteiger partial charge in [-0.2, -0.15) is 4.31 Å². The minimum Gasteiger partial charge on any atom is -0.467 e. The number of aryl methyl sites for hydroxylation is 2. The summed E-state index contributed by atoms with van der Waals surface area (Å²) in [5, 5.41) is 2.87. The van der Waals surface area contributed by atoms with Gasteiger partial charge >= 0.3 is 0 Å². The van der Waals surface area contributed by atoms with Gasteiger partial charge in [0.05, 0.1) is 23.7 Å². The molecule has 29 heavy (non-hydrogen) atoms. The fraction of sp³-hybridized carbons (Fsp3) is 0.476. The zero-order valence-electron chi connectivity index (χ0n) is 16.6. The van der Waals surface area contributed by atoms with E-state index in [2.05, 4.69) is 5.32 Å². The number of fused-ring (bicyclic) bond motifs is 1. The molecule has 1 aromatic heterocycles. The molecule has 1 atom stereocenters. The van der Waals surface area contributed by atoms with Crippen molar-refractivity contribution in [1.82, 2.24) is 14.5 Å². The van der Waals surface area contributed by atoms with Gasteiger partial charge in [-0.3, -0.25) is 9.69 Å². The van der Waals surface area contributed by atoms with Gasteiger partial charge in [0.15, 0.2) is 0 Å². The van der Waals surface area contributed by atoms with E-state index in [4.69, 9.17) is 4.42 Å². The number of carbonyl (C=O) groups excluding carboxylic acids is 1. The van der Waals surface area contributed by atoms with Crippen LogP contribution in [0.1, 0.15) is 30.2 Å². The molecule has 1 aromatic carbocycles. The Labute approximate surface area is 171 Å². The average molecular weight is 418 g/mol. The Morgan fingerprint density at radius 2 is 1.90 bits per heavy atom. The summed E-state index contributed by atoms with van der Waals surface area (Å²) in [6.07, 6.45) is 4.66. The van der Waals surface area contributed by atoms with Crippen LogP contribution in [0.2, 0.25) is 0 Å². The second-order valence-electron chi connectivity index (χ2n) is 7.70. The van der Waals surface area contributed by atoms with Crippen LogP contribution < -0.4 is 5.32 Å². The quantitative estimate of drug-likeness (QED) is 0.775. The van der Waals surface area contributed by atoms with Gasteiger partial charge in [0.1, 0.15) is 5.76 Å². The van der Waals surface area contributed by atoms with Crippen molar-refractivity contribution in [3.05, 3.63) is 53.5 Å². The number of piperazine rings is 1. The molecule has 0 spiro atoms. The van der Waals surface area contributed by atoms with Crippen LogP contribution in [0, 0.1) is 0 Å². The van der Waals surface area contributed by atoms with Gasteiger partial charge < -0.3 is 9.73 Å². The Morgan fingerprint density at radius 3 is 2.62 bits per heavy atom. The number of carbonyl (C=O) groups is 1. The molecule has 4 rings (SSSR count). The molecule has 1 N–H and O–H groups in total. The Balaban J connectivity index is 1.34. The zero-order chi connectivity index (χ0) is 20.4. The Kier molecular flexibility index (Phi) is 5.76. The third-order valence-electron chi connectivity index (χ3n) is 5.93. The lowest BCUT2D eigenvalue weighted by atomic mass is 10.1. The van der Waals surface area contributed by atoms with Crippen LogP contribution in [-0.4, -0.2) is 55.8 Å². The first kappa shape index (κ1) is 20.1. The molecule has 7 nitrogen and oxygen atoms in total. The molecule has 8 heteroatoms. The number of sulfonamides is 1. The molecule has 1 aliphatic carbocycles. The van der Waals surface area contributed by atoms with Crippen LogP contribution in [0.3, 0.4) is 0 Å². The van der Waals surface area contributed by atoms with E-state index in [0.717, 1.165) is 24.8 Å². The first-order chi connectivity index (χ1) is 13.9. The van der Waals surface area contributed by atoms with Crippen LogP contribution in [0.4, 0.5) is 0 Å². The summed E-state index contributed by atoms with van der Waals surface area (Å²) in [5.74, 6) is 0.618. The number of benzene rings is 1. The summed E-state index contributed by atoms with van der Waals surface area (Å²) >= 11 is 0. The summed E-state index contributed by atoms with van der Waals surface area (Å²) in [6.45, 7) is 4.02. The van der Waals surface area contributed by atoms with Crippen molar-refractivity contribution in [3.8, 4) is 0 Å². The number of nitrogens with zero attached hydrogens (tertiary/aromatic N) is 2. The smallest absolute Gasteiger partial charge is 0.243 e. The van der Waals surface area contributed by atoms with E-state index in [1.807, 2.05) is 30.0 Å². The maximum atomic E-state index is 13.0. The first-order valence-corrected chi connectivity index (χ1v) is 11.6. The number of rotatable bonds is 6. The summed E-state index contributed by atoms with van der Waals surface area (Å²) in [4.78, 5) is 14.8. The highest BCUT2D eigenvalue weighted by Gasteiger charge is 2.32. The fourth-order valence-electron chi connectivity index (χ4n) is 4.09. The molecule has 0 radical (unpaired) electrons. The van der Waals surface area contributed by atoms with Gasteiger partial charge in [-0.15, -0.1) is 0 Å². The number of furan rings is 1. The van der Waals surface area contributed by atoms with E-state index >= 15 is 0 Å². The van der Waals surface area contributed by atoms with E-state index in [0.29, 0.717) is 43.4 Å². The molecule has 0 unspecified atom stereocenters. The van der Waals surface area contributed by atoms with Gasteiger partial charge in [-0.25, -0.2) is 8.42 Å². The summed E-state index contributed by atoms with van der Waals surface area (Å²) in [7, 11) is -3.50. The van der Waals surface area contributed by atoms with Gasteiger partial charge in [0.2, 0.25) is 15.9 Å². The van der Waals surface area contributed by atoms with Gasteiger partial charge in [0.25, 0.3) is 0 Å². The predicted octanol–water partition coefficient (Wildman–Crippen LogP) is 1.78. The standard InChI is InChI=1S/C21H27N3O4S/c1-16(21(25)22-15-19-6-3-13-28-19)23-9-11-24(12-10-23)29(26,27)20-8-7-17-4-2-5-18(17)14-20/h3,6-8,13-14,16H,2,4-5,9-12,15H2,1H3,(H,22,25)/t16-/m0/s1. The van der Waals surface area contributed by atoms with Crippen molar-refractivity contribution in [2.75, 3.05) is 26.2 Å². The van der Waals surface area contributed by atoms with E-state index in [1.165, 1.54) is 9.87 Å². The monoisotopic (exact) mass is 417 g/mol. The van der Waals surface area contributed by atoms with Crippen LogP contribution in [0.25, 0.3) is 0 Å². The molecule has 0 saturated carbocycles. The molecule has 156 valence electrons. The number of amides is 1. The maximum absolute atomic E-state index is 13.0. The Hall–Kier alpha value is -2.16. The maximum Gasteiger partial charge on any atom is 0.243 e. The largest absolute Gasteiger partial charge is 0.467 e. The lowest BCUT2D eigenvalue weighted by molar-refractivity contribution is -0.126. The number of hydrogen-bond donors (Lipinski definition) is 1. The number of nitrogens with one attached hydrogen (secondary N) is 1.